The Morgan fingerprint density at radius 3 is 2.63 bits per heavy atom. The number of hydrogen-bond acceptors (Lipinski definition) is 2. The molecule has 0 bridgehead atoms. The molecule has 0 spiro atoms. The molecule has 3 nitrogen and oxygen atoms in total. The highest BCUT2D eigenvalue weighted by molar-refractivity contribution is 6.35. The number of halogens is 2. The highest BCUT2D eigenvalue weighted by Crippen LogP contribution is 2.26. The number of rotatable bonds is 7. The van der Waals surface area contributed by atoms with Crippen LogP contribution in [0.2, 0.25) is 10.0 Å². The maximum absolute atomic E-state index is 11.2. The van der Waals surface area contributed by atoms with Gasteiger partial charge in [-0.2, -0.15) is 0 Å². The maximum atomic E-state index is 11.2. The first-order valence-corrected chi connectivity index (χ1v) is 7.15. The summed E-state index contributed by atoms with van der Waals surface area (Å²) in [5.74, 6) is -0.828. The van der Waals surface area contributed by atoms with E-state index in [9.17, 15) is 9.90 Å². The van der Waals surface area contributed by atoms with Crippen LogP contribution in [-0.2, 0) is 4.79 Å². The van der Waals surface area contributed by atoms with Gasteiger partial charge in [-0.1, -0.05) is 49.0 Å². The van der Waals surface area contributed by atoms with Gasteiger partial charge in [-0.3, -0.25) is 10.1 Å². The number of carboxylic acids is 1. The summed E-state index contributed by atoms with van der Waals surface area (Å²) in [6.45, 7) is 3.94. The number of hydrogen-bond donors (Lipinski definition) is 2. The van der Waals surface area contributed by atoms with E-state index in [0.29, 0.717) is 16.5 Å². The van der Waals surface area contributed by atoms with Crippen molar-refractivity contribution in [2.75, 3.05) is 0 Å². The molecule has 0 aliphatic rings. The van der Waals surface area contributed by atoms with Gasteiger partial charge in [0.25, 0.3) is 0 Å². The number of carbonyl (C=O) groups is 1. The van der Waals surface area contributed by atoms with Gasteiger partial charge in [-0.05, 0) is 31.0 Å². The number of unbranched alkanes of at least 4 members (excludes halogenated alkanes) is 1. The zero-order valence-electron chi connectivity index (χ0n) is 11.1. The van der Waals surface area contributed by atoms with Crippen LogP contribution in [0.5, 0.6) is 0 Å². The van der Waals surface area contributed by atoms with Gasteiger partial charge >= 0.3 is 5.97 Å². The Balaban J connectivity index is 2.75. The van der Waals surface area contributed by atoms with E-state index in [4.69, 9.17) is 23.2 Å². The molecule has 0 saturated heterocycles. The van der Waals surface area contributed by atoms with E-state index in [0.717, 1.165) is 18.4 Å². The third-order valence-electron chi connectivity index (χ3n) is 3.02. The van der Waals surface area contributed by atoms with Crippen LogP contribution in [0.15, 0.2) is 18.2 Å². The SMILES string of the molecule is CCCCC(NC(C)c1ccc(Cl)cc1Cl)C(=O)O. The number of nitrogens with one attached hydrogen (secondary N) is 1. The summed E-state index contributed by atoms with van der Waals surface area (Å²) >= 11 is 12.0. The summed E-state index contributed by atoms with van der Waals surface area (Å²) in [6.07, 6.45) is 2.47. The molecule has 5 heteroatoms. The number of benzene rings is 1. The van der Waals surface area contributed by atoms with Crippen LogP contribution in [0.3, 0.4) is 0 Å². The summed E-state index contributed by atoms with van der Waals surface area (Å²) in [7, 11) is 0. The Bertz CT molecular complexity index is 437. The highest BCUT2D eigenvalue weighted by atomic mass is 35.5. The predicted molar refractivity (Wildman–Crippen MR) is 79.0 cm³/mol. The Hall–Kier alpha value is -0.770. The van der Waals surface area contributed by atoms with E-state index in [2.05, 4.69) is 5.32 Å². The summed E-state index contributed by atoms with van der Waals surface area (Å²) < 4.78 is 0. The smallest absolute Gasteiger partial charge is 0.320 e. The van der Waals surface area contributed by atoms with Gasteiger partial charge in [0.2, 0.25) is 0 Å². The summed E-state index contributed by atoms with van der Waals surface area (Å²) in [6, 6.07) is 4.55. The van der Waals surface area contributed by atoms with Gasteiger partial charge in [0.1, 0.15) is 6.04 Å². The molecule has 2 atom stereocenters. The van der Waals surface area contributed by atoms with Crippen molar-refractivity contribution in [2.45, 2.75) is 45.2 Å². The van der Waals surface area contributed by atoms with E-state index in [1.54, 1.807) is 12.1 Å². The van der Waals surface area contributed by atoms with E-state index in [1.165, 1.54) is 0 Å². The molecule has 19 heavy (non-hydrogen) atoms. The average Bonchev–Trinajstić information content (AvgIpc) is 2.33. The molecule has 1 rings (SSSR count). The molecule has 0 radical (unpaired) electrons. The topological polar surface area (TPSA) is 49.3 Å². The normalized spacial score (nSPS) is 14.1. The standard InChI is InChI=1S/C14H19Cl2NO2/c1-3-4-5-13(14(18)19)17-9(2)11-7-6-10(15)8-12(11)16/h6-9,13,17H,3-5H2,1-2H3,(H,18,19). The largest absolute Gasteiger partial charge is 0.480 e. The summed E-state index contributed by atoms with van der Waals surface area (Å²) in [4.78, 5) is 11.2. The molecule has 2 N–H and O–H groups in total. The van der Waals surface area contributed by atoms with Crippen molar-refractivity contribution in [3.8, 4) is 0 Å². The first kappa shape index (κ1) is 16.3. The second-order valence-corrected chi connectivity index (χ2v) is 5.43. The lowest BCUT2D eigenvalue weighted by Gasteiger charge is -2.21. The minimum absolute atomic E-state index is 0.136. The second-order valence-electron chi connectivity index (χ2n) is 4.59. The molecular formula is C14H19Cl2NO2. The number of aliphatic carboxylic acids is 1. The minimum Gasteiger partial charge on any atom is -0.480 e. The molecule has 0 aromatic heterocycles. The first-order chi connectivity index (χ1) is 8.95. The molecular weight excluding hydrogens is 285 g/mol. The monoisotopic (exact) mass is 303 g/mol. The van der Waals surface area contributed by atoms with Gasteiger partial charge < -0.3 is 5.11 Å². The van der Waals surface area contributed by atoms with Crippen molar-refractivity contribution in [3.63, 3.8) is 0 Å². The lowest BCUT2D eigenvalue weighted by molar-refractivity contribution is -0.139. The van der Waals surface area contributed by atoms with Crippen LogP contribution in [0.1, 0.15) is 44.7 Å². The van der Waals surface area contributed by atoms with Crippen molar-refractivity contribution >= 4 is 29.2 Å². The third kappa shape index (κ3) is 5.01. The maximum Gasteiger partial charge on any atom is 0.320 e. The molecule has 0 saturated carbocycles. The molecule has 106 valence electrons. The first-order valence-electron chi connectivity index (χ1n) is 6.39. The van der Waals surface area contributed by atoms with E-state index >= 15 is 0 Å². The fraction of sp³-hybridized carbons (Fsp3) is 0.500. The highest BCUT2D eigenvalue weighted by Gasteiger charge is 2.20. The Labute approximate surface area is 123 Å². The fourth-order valence-corrected chi connectivity index (χ4v) is 2.50. The van der Waals surface area contributed by atoms with Crippen LogP contribution < -0.4 is 5.32 Å². The Morgan fingerprint density at radius 2 is 2.11 bits per heavy atom. The lowest BCUT2D eigenvalue weighted by Crippen LogP contribution is -2.38. The quantitative estimate of drug-likeness (QED) is 0.790. The van der Waals surface area contributed by atoms with E-state index < -0.39 is 12.0 Å². The van der Waals surface area contributed by atoms with Gasteiger partial charge in [0, 0.05) is 16.1 Å². The molecule has 1 aromatic carbocycles. The Kier molecular flexibility index (Phi) is 6.63. The van der Waals surface area contributed by atoms with Gasteiger partial charge in [-0.15, -0.1) is 0 Å². The van der Waals surface area contributed by atoms with Crippen molar-refractivity contribution < 1.29 is 9.90 Å². The molecule has 0 aliphatic heterocycles. The van der Waals surface area contributed by atoms with E-state index in [1.807, 2.05) is 19.9 Å². The van der Waals surface area contributed by atoms with Crippen LogP contribution in [0.25, 0.3) is 0 Å². The molecule has 0 aliphatic carbocycles. The molecule has 0 fully saturated rings. The Morgan fingerprint density at radius 1 is 1.42 bits per heavy atom. The van der Waals surface area contributed by atoms with Crippen LogP contribution in [0.4, 0.5) is 0 Å². The molecule has 0 heterocycles. The minimum atomic E-state index is -0.828. The third-order valence-corrected chi connectivity index (χ3v) is 3.59. The van der Waals surface area contributed by atoms with Crippen LogP contribution >= 0.6 is 23.2 Å². The second kappa shape index (κ2) is 7.73. The molecule has 2 unspecified atom stereocenters. The molecule has 0 amide bonds. The zero-order valence-corrected chi connectivity index (χ0v) is 12.6. The van der Waals surface area contributed by atoms with Gasteiger partial charge in [-0.25, -0.2) is 0 Å². The number of carboxylic acid groups (broad SMARTS) is 1. The van der Waals surface area contributed by atoms with Gasteiger partial charge in [0.05, 0.1) is 0 Å². The van der Waals surface area contributed by atoms with Crippen LogP contribution in [-0.4, -0.2) is 17.1 Å². The predicted octanol–water partition coefficient (Wildman–Crippen LogP) is 4.29. The van der Waals surface area contributed by atoms with Crippen LogP contribution in [0, 0.1) is 0 Å². The van der Waals surface area contributed by atoms with Gasteiger partial charge in [0.15, 0.2) is 0 Å². The fourth-order valence-electron chi connectivity index (χ4n) is 1.93. The summed E-state index contributed by atoms with van der Waals surface area (Å²) in [5, 5.41) is 13.4. The molecule has 1 aromatic rings. The van der Waals surface area contributed by atoms with E-state index in [-0.39, 0.29) is 6.04 Å². The summed E-state index contributed by atoms with van der Waals surface area (Å²) in [5.41, 5.74) is 0.855. The van der Waals surface area contributed by atoms with Crippen molar-refractivity contribution in [2.24, 2.45) is 0 Å². The lowest BCUT2D eigenvalue weighted by atomic mass is 10.0. The van der Waals surface area contributed by atoms with Crippen molar-refractivity contribution in [1.29, 1.82) is 0 Å². The van der Waals surface area contributed by atoms with Crippen molar-refractivity contribution in [1.82, 2.24) is 5.32 Å². The van der Waals surface area contributed by atoms with Crippen molar-refractivity contribution in [3.05, 3.63) is 33.8 Å². The zero-order chi connectivity index (χ0) is 14.4. The average molecular weight is 304 g/mol.